The van der Waals surface area contributed by atoms with Crippen molar-refractivity contribution in [3.63, 3.8) is 0 Å². The number of nitrogens with one attached hydrogen (secondary N) is 1. The van der Waals surface area contributed by atoms with Crippen molar-refractivity contribution in [2.75, 3.05) is 32.1 Å². The fourth-order valence-corrected chi connectivity index (χ4v) is 5.17. The second-order valence-electron chi connectivity index (χ2n) is 8.17. The molecule has 1 amide bonds. The number of ether oxygens (including phenoxy) is 2. The van der Waals surface area contributed by atoms with Gasteiger partial charge in [0.25, 0.3) is 5.91 Å². The quantitative estimate of drug-likeness (QED) is 0.453. The van der Waals surface area contributed by atoms with Crippen molar-refractivity contribution in [3.05, 3.63) is 40.1 Å². The molecule has 176 valence electrons. The number of thiophene rings is 1. The third-order valence-electron chi connectivity index (χ3n) is 6.38. The maximum absolute atomic E-state index is 12.8. The number of likely N-dealkylation sites (tertiary alicyclic amines) is 1. The molecule has 1 fully saturated rings. The van der Waals surface area contributed by atoms with Gasteiger partial charge in [0.1, 0.15) is 6.23 Å². The Kier molecular flexibility index (Phi) is 8.96. The number of nitrogens with zero attached hydrogens (tertiary/aromatic N) is 2. The maximum atomic E-state index is 12.8. The van der Waals surface area contributed by atoms with Gasteiger partial charge in [0.2, 0.25) is 0 Å². The van der Waals surface area contributed by atoms with Gasteiger partial charge in [0.05, 0.1) is 12.0 Å². The van der Waals surface area contributed by atoms with E-state index in [9.17, 15) is 4.79 Å². The lowest BCUT2D eigenvalue weighted by Crippen LogP contribution is -2.37. The summed E-state index contributed by atoms with van der Waals surface area (Å²) in [7, 11) is 1.68. The minimum atomic E-state index is -0.0954. The van der Waals surface area contributed by atoms with Crippen LogP contribution in [0.25, 0.3) is 0 Å². The molecule has 32 heavy (non-hydrogen) atoms. The molecule has 1 unspecified atom stereocenters. The summed E-state index contributed by atoms with van der Waals surface area (Å²) >= 11 is 1.44. The lowest BCUT2D eigenvalue weighted by atomic mass is 10.1. The Bertz CT molecular complexity index is 868. The van der Waals surface area contributed by atoms with Crippen LogP contribution in [0.3, 0.4) is 0 Å². The predicted molar refractivity (Wildman–Crippen MR) is 132 cm³/mol. The zero-order valence-electron chi connectivity index (χ0n) is 20.0. The average Bonchev–Trinajstić information content (AvgIpc) is 3.48. The topological polar surface area (TPSA) is 54.0 Å². The first-order chi connectivity index (χ1) is 15.5. The number of methoxy groups -OCH3 is 1. The summed E-state index contributed by atoms with van der Waals surface area (Å²) < 4.78 is 12.2. The van der Waals surface area contributed by atoms with Crippen LogP contribution in [0.1, 0.15) is 62.2 Å². The van der Waals surface area contributed by atoms with Gasteiger partial charge in [-0.25, -0.2) is 0 Å². The molecular formula is C25H37N3O3S. The van der Waals surface area contributed by atoms with Crippen LogP contribution in [0.4, 0.5) is 5.69 Å². The van der Waals surface area contributed by atoms with E-state index in [2.05, 4.69) is 42.8 Å². The number of carbonyl (C=O) groups is 1. The highest BCUT2D eigenvalue weighted by Crippen LogP contribution is 2.39. The Morgan fingerprint density at radius 1 is 1.28 bits per heavy atom. The summed E-state index contributed by atoms with van der Waals surface area (Å²) in [5.41, 5.74) is 1.76. The summed E-state index contributed by atoms with van der Waals surface area (Å²) in [6.45, 7) is 12.2. The molecule has 1 aliphatic rings. The van der Waals surface area contributed by atoms with E-state index in [1.54, 1.807) is 7.11 Å². The lowest BCUT2D eigenvalue weighted by Gasteiger charge is -2.29. The molecule has 1 N–H and O–H groups in total. The molecular weight excluding hydrogens is 422 g/mol. The van der Waals surface area contributed by atoms with Gasteiger partial charge in [0.15, 0.2) is 11.5 Å². The van der Waals surface area contributed by atoms with E-state index in [-0.39, 0.29) is 12.1 Å². The van der Waals surface area contributed by atoms with E-state index < -0.39 is 0 Å². The molecule has 2 atom stereocenters. The highest BCUT2D eigenvalue weighted by atomic mass is 32.1. The van der Waals surface area contributed by atoms with Crippen molar-refractivity contribution < 1.29 is 14.3 Å². The molecule has 0 saturated carbocycles. The van der Waals surface area contributed by atoms with E-state index >= 15 is 0 Å². The molecule has 1 aliphatic heterocycles. The van der Waals surface area contributed by atoms with Crippen molar-refractivity contribution in [2.45, 2.75) is 65.8 Å². The van der Waals surface area contributed by atoms with Crippen LogP contribution in [-0.4, -0.2) is 54.7 Å². The Morgan fingerprint density at radius 2 is 2.06 bits per heavy atom. The average molecular weight is 460 g/mol. The minimum Gasteiger partial charge on any atom is -0.492 e. The van der Waals surface area contributed by atoms with E-state index in [0.29, 0.717) is 22.4 Å². The largest absolute Gasteiger partial charge is 0.492 e. The van der Waals surface area contributed by atoms with Gasteiger partial charge in [0, 0.05) is 23.8 Å². The van der Waals surface area contributed by atoms with Crippen LogP contribution in [0.15, 0.2) is 29.6 Å². The van der Waals surface area contributed by atoms with E-state index in [0.717, 1.165) is 43.9 Å². The van der Waals surface area contributed by atoms with E-state index in [4.69, 9.17) is 9.47 Å². The molecule has 0 radical (unpaired) electrons. The van der Waals surface area contributed by atoms with Gasteiger partial charge in [-0.2, -0.15) is 0 Å². The first-order valence-corrected chi connectivity index (χ1v) is 12.6. The molecule has 0 bridgehead atoms. The van der Waals surface area contributed by atoms with Crippen LogP contribution in [-0.2, 0) is 6.54 Å². The van der Waals surface area contributed by atoms with Gasteiger partial charge < -0.3 is 14.8 Å². The van der Waals surface area contributed by atoms with Crippen LogP contribution in [0, 0.1) is 0 Å². The van der Waals surface area contributed by atoms with Crippen LogP contribution < -0.4 is 14.8 Å². The third-order valence-corrected chi connectivity index (χ3v) is 7.25. The molecule has 0 aliphatic carbocycles. The summed E-state index contributed by atoms with van der Waals surface area (Å²) in [6, 6.07) is 8.15. The Balaban J connectivity index is 1.95. The van der Waals surface area contributed by atoms with Gasteiger partial charge in [-0.1, -0.05) is 26.8 Å². The number of amides is 1. The van der Waals surface area contributed by atoms with Gasteiger partial charge in [-0.05, 0) is 69.4 Å². The Labute approximate surface area is 196 Å². The number of carbonyl (C=O) groups excluding carboxylic acids is 1. The molecule has 0 spiro atoms. The Hall–Kier alpha value is -2.09. The normalized spacial score (nSPS) is 17.5. The minimum absolute atomic E-state index is 0.0755. The Morgan fingerprint density at radius 3 is 2.69 bits per heavy atom. The van der Waals surface area contributed by atoms with Crippen molar-refractivity contribution >= 4 is 22.9 Å². The number of hydrogen-bond acceptors (Lipinski definition) is 6. The summed E-state index contributed by atoms with van der Waals surface area (Å²) in [6.07, 6.45) is 3.46. The van der Waals surface area contributed by atoms with E-state index in [1.165, 1.54) is 24.2 Å². The predicted octanol–water partition coefficient (Wildman–Crippen LogP) is 5.45. The number of benzene rings is 1. The zero-order chi connectivity index (χ0) is 23.1. The molecule has 6 nitrogen and oxygen atoms in total. The van der Waals surface area contributed by atoms with Gasteiger partial charge in [-0.15, -0.1) is 11.3 Å². The fourth-order valence-electron chi connectivity index (χ4n) is 4.55. The van der Waals surface area contributed by atoms with Crippen LogP contribution in [0.2, 0.25) is 0 Å². The second kappa shape index (κ2) is 11.7. The van der Waals surface area contributed by atoms with Crippen molar-refractivity contribution in [2.24, 2.45) is 0 Å². The zero-order valence-corrected chi connectivity index (χ0v) is 20.8. The van der Waals surface area contributed by atoms with Gasteiger partial charge >= 0.3 is 0 Å². The number of hydrogen-bond donors (Lipinski definition) is 1. The van der Waals surface area contributed by atoms with E-state index in [1.807, 2.05) is 29.6 Å². The smallest absolute Gasteiger partial charge is 0.265 e. The van der Waals surface area contributed by atoms with Crippen LogP contribution >= 0.6 is 11.3 Å². The second-order valence-corrected chi connectivity index (χ2v) is 9.12. The molecule has 1 saturated heterocycles. The van der Waals surface area contributed by atoms with Crippen molar-refractivity contribution in [3.8, 4) is 11.5 Å². The first-order valence-electron chi connectivity index (χ1n) is 11.7. The molecule has 7 heteroatoms. The molecule has 2 aromatic rings. The monoisotopic (exact) mass is 459 g/mol. The van der Waals surface area contributed by atoms with Crippen molar-refractivity contribution in [1.29, 1.82) is 0 Å². The highest BCUT2D eigenvalue weighted by molar-refractivity contribution is 7.12. The number of rotatable bonds is 11. The fraction of sp³-hybridized carbons (Fsp3) is 0.560. The highest BCUT2D eigenvalue weighted by Gasteiger charge is 2.27. The lowest BCUT2D eigenvalue weighted by molar-refractivity contribution is 0.0456. The molecule has 3 rings (SSSR count). The third kappa shape index (κ3) is 5.63. The summed E-state index contributed by atoms with van der Waals surface area (Å²) in [4.78, 5) is 18.3. The number of anilines is 1. The molecule has 1 aromatic carbocycles. The van der Waals surface area contributed by atoms with Crippen LogP contribution in [0.5, 0.6) is 11.5 Å². The summed E-state index contributed by atoms with van der Waals surface area (Å²) in [5, 5.41) is 5.03. The first kappa shape index (κ1) is 24.6. The molecule has 2 heterocycles. The summed E-state index contributed by atoms with van der Waals surface area (Å²) in [5.74, 6) is 1.32. The van der Waals surface area contributed by atoms with Crippen molar-refractivity contribution in [1.82, 2.24) is 9.80 Å². The standard InChI is InChI=1S/C25H37N3O3S/c1-6-19-11-9-15-28(19)17-20-21(26-25(29)23-12-10-16-32-23)13-14-22(24(20)30-5)31-18(4)27(7-2)8-3/h10,12-14,16,18-19H,6-9,11,15,17H2,1-5H3,(H,26,29)/t18?,19-/m0/s1. The molecule has 1 aromatic heterocycles. The SMILES string of the molecule is CC[C@H]1CCCN1Cc1c(NC(=O)c2cccs2)ccc(OC(C)N(CC)CC)c1OC. The maximum Gasteiger partial charge on any atom is 0.265 e. The van der Waals surface area contributed by atoms with Gasteiger partial charge in [-0.3, -0.25) is 14.6 Å².